The average Bonchev–Trinajstić information content (AvgIpc) is 2.26. The maximum Gasteiger partial charge on any atom is 0.122 e. The van der Waals surface area contributed by atoms with Crippen LogP contribution < -0.4 is 15.4 Å². The predicted molar refractivity (Wildman–Crippen MR) is 70.9 cm³/mol. The number of hydrogen-bond acceptors (Lipinski definition) is 3. The van der Waals surface area contributed by atoms with Crippen LogP contribution in [-0.4, -0.2) is 33.3 Å². The van der Waals surface area contributed by atoms with E-state index in [1.165, 1.54) is 5.56 Å². The molecule has 0 atom stereocenters. The second-order valence-corrected chi connectivity index (χ2v) is 4.87. The summed E-state index contributed by atoms with van der Waals surface area (Å²) < 4.78 is 5.31. The molecule has 0 aromatic heterocycles. The van der Waals surface area contributed by atoms with E-state index >= 15 is 0 Å². The fraction of sp³-hybridized carbons (Fsp3) is 0.538. The van der Waals surface area contributed by atoms with Gasteiger partial charge in [-0.05, 0) is 42.6 Å². The zero-order valence-electron chi connectivity index (χ0n) is 10.1. The molecule has 0 saturated carbocycles. The molecule has 0 amide bonds. The van der Waals surface area contributed by atoms with Crippen molar-refractivity contribution < 1.29 is 4.74 Å². The van der Waals surface area contributed by atoms with Crippen LogP contribution in [0.25, 0.3) is 0 Å². The van der Waals surface area contributed by atoms with Crippen LogP contribution in [0.5, 0.6) is 5.75 Å². The molecule has 0 spiro atoms. The van der Waals surface area contributed by atoms with E-state index in [2.05, 4.69) is 10.6 Å². The highest BCUT2D eigenvalue weighted by molar-refractivity contribution is 6.30. The Morgan fingerprint density at radius 3 is 2.94 bits per heavy atom. The van der Waals surface area contributed by atoms with E-state index in [-0.39, 0.29) is 0 Å². The highest BCUT2D eigenvalue weighted by Crippen LogP contribution is 2.22. The first-order valence-electron chi connectivity index (χ1n) is 6.03. The number of benzene rings is 1. The molecule has 4 heteroatoms. The van der Waals surface area contributed by atoms with Gasteiger partial charge in [0.25, 0.3) is 0 Å². The molecule has 1 aromatic rings. The molecule has 0 bridgehead atoms. The van der Waals surface area contributed by atoms with Gasteiger partial charge in [0.2, 0.25) is 0 Å². The summed E-state index contributed by atoms with van der Waals surface area (Å²) in [6.07, 6.45) is 0.948. The Morgan fingerprint density at radius 1 is 1.47 bits per heavy atom. The number of halogens is 1. The lowest BCUT2D eigenvalue weighted by Crippen LogP contribution is -2.47. The van der Waals surface area contributed by atoms with Crippen LogP contribution in [-0.2, 0) is 6.42 Å². The first-order valence-corrected chi connectivity index (χ1v) is 6.41. The number of ether oxygens (including phenoxy) is 1. The zero-order chi connectivity index (χ0) is 12.1. The lowest BCUT2D eigenvalue weighted by atomic mass is 10.0. The standard InChI is InChI=1S/C13H19ClN2O/c1-17-13-3-2-12(14)6-11(13)4-5-15-7-10-8-16-9-10/h2-3,6,10,15-16H,4-5,7-9H2,1H3. The average molecular weight is 255 g/mol. The molecule has 94 valence electrons. The van der Waals surface area contributed by atoms with Gasteiger partial charge < -0.3 is 15.4 Å². The first-order chi connectivity index (χ1) is 8.29. The summed E-state index contributed by atoms with van der Waals surface area (Å²) in [5.41, 5.74) is 1.17. The summed E-state index contributed by atoms with van der Waals surface area (Å²) in [7, 11) is 1.69. The maximum atomic E-state index is 5.98. The van der Waals surface area contributed by atoms with E-state index in [1.807, 2.05) is 18.2 Å². The quantitative estimate of drug-likeness (QED) is 0.759. The van der Waals surface area contributed by atoms with E-state index in [0.29, 0.717) is 0 Å². The zero-order valence-corrected chi connectivity index (χ0v) is 10.9. The van der Waals surface area contributed by atoms with Crippen LogP contribution in [0.15, 0.2) is 18.2 Å². The number of hydrogen-bond donors (Lipinski definition) is 2. The monoisotopic (exact) mass is 254 g/mol. The van der Waals surface area contributed by atoms with Crippen LogP contribution in [0.4, 0.5) is 0 Å². The van der Waals surface area contributed by atoms with Gasteiger partial charge in [0, 0.05) is 24.7 Å². The lowest BCUT2D eigenvalue weighted by Gasteiger charge is -2.27. The van der Waals surface area contributed by atoms with Crippen molar-refractivity contribution in [1.29, 1.82) is 0 Å². The Kier molecular flexibility index (Phi) is 4.66. The Balaban J connectivity index is 1.78. The number of methoxy groups -OCH3 is 1. The number of rotatable bonds is 6. The van der Waals surface area contributed by atoms with Crippen molar-refractivity contribution >= 4 is 11.6 Å². The van der Waals surface area contributed by atoms with Gasteiger partial charge in [-0.25, -0.2) is 0 Å². The number of nitrogens with one attached hydrogen (secondary N) is 2. The van der Waals surface area contributed by atoms with Gasteiger partial charge in [0.1, 0.15) is 5.75 Å². The van der Waals surface area contributed by atoms with Crippen LogP contribution in [0, 0.1) is 5.92 Å². The third kappa shape index (κ3) is 3.60. The Morgan fingerprint density at radius 2 is 2.29 bits per heavy atom. The molecule has 0 aliphatic carbocycles. The van der Waals surface area contributed by atoms with E-state index in [1.54, 1.807) is 7.11 Å². The Bertz CT molecular complexity index is 366. The Hall–Kier alpha value is -0.770. The minimum absolute atomic E-state index is 0.768. The van der Waals surface area contributed by atoms with Gasteiger partial charge in [0.15, 0.2) is 0 Å². The summed E-state index contributed by atoms with van der Waals surface area (Å²) >= 11 is 5.98. The molecule has 1 saturated heterocycles. The van der Waals surface area contributed by atoms with Gasteiger partial charge in [-0.15, -0.1) is 0 Å². The molecule has 2 rings (SSSR count). The van der Waals surface area contributed by atoms with Crippen molar-refractivity contribution in [3.05, 3.63) is 28.8 Å². The molecule has 3 nitrogen and oxygen atoms in total. The second kappa shape index (κ2) is 6.24. The Labute approximate surface area is 107 Å². The van der Waals surface area contributed by atoms with Crippen LogP contribution in [0.1, 0.15) is 5.56 Å². The summed E-state index contributed by atoms with van der Waals surface area (Å²) in [5.74, 6) is 1.72. The van der Waals surface area contributed by atoms with E-state index in [0.717, 1.165) is 49.3 Å². The lowest BCUT2D eigenvalue weighted by molar-refractivity contribution is 0.332. The van der Waals surface area contributed by atoms with Crippen LogP contribution >= 0.6 is 11.6 Å². The fourth-order valence-electron chi connectivity index (χ4n) is 1.96. The highest BCUT2D eigenvalue weighted by Gasteiger charge is 2.15. The molecule has 1 aliphatic rings. The first kappa shape index (κ1) is 12.7. The smallest absolute Gasteiger partial charge is 0.122 e. The van der Waals surface area contributed by atoms with Gasteiger partial charge in [-0.3, -0.25) is 0 Å². The van der Waals surface area contributed by atoms with Gasteiger partial charge in [-0.2, -0.15) is 0 Å². The van der Waals surface area contributed by atoms with Crippen LogP contribution in [0.2, 0.25) is 5.02 Å². The van der Waals surface area contributed by atoms with Crippen molar-refractivity contribution in [2.24, 2.45) is 5.92 Å². The topological polar surface area (TPSA) is 33.3 Å². The molecular formula is C13H19ClN2O. The van der Waals surface area contributed by atoms with Crippen molar-refractivity contribution in [3.63, 3.8) is 0 Å². The normalized spacial score (nSPS) is 15.6. The molecule has 1 heterocycles. The summed E-state index contributed by atoms with van der Waals surface area (Å²) in [6, 6.07) is 5.76. The van der Waals surface area contributed by atoms with Crippen molar-refractivity contribution in [3.8, 4) is 5.75 Å². The van der Waals surface area contributed by atoms with Gasteiger partial charge >= 0.3 is 0 Å². The molecule has 1 fully saturated rings. The molecule has 17 heavy (non-hydrogen) atoms. The highest BCUT2D eigenvalue weighted by atomic mass is 35.5. The predicted octanol–water partition coefficient (Wildman–Crippen LogP) is 1.70. The largest absolute Gasteiger partial charge is 0.496 e. The molecule has 1 aliphatic heterocycles. The third-order valence-electron chi connectivity index (χ3n) is 3.11. The van der Waals surface area contributed by atoms with E-state index in [4.69, 9.17) is 16.3 Å². The minimum Gasteiger partial charge on any atom is -0.496 e. The van der Waals surface area contributed by atoms with E-state index < -0.39 is 0 Å². The van der Waals surface area contributed by atoms with Crippen LogP contribution in [0.3, 0.4) is 0 Å². The second-order valence-electron chi connectivity index (χ2n) is 4.43. The minimum atomic E-state index is 0.768. The summed E-state index contributed by atoms with van der Waals surface area (Å²) in [5, 5.41) is 7.50. The molecular weight excluding hydrogens is 236 g/mol. The summed E-state index contributed by atoms with van der Waals surface area (Å²) in [4.78, 5) is 0. The summed E-state index contributed by atoms with van der Waals surface area (Å²) in [6.45, 7) is 4.35. The van der Waals surface area contributed by atoms with Gasteiger partial charge in [0.05, 0.1) is 7.11 Å². The van der Waals surface area contributed by atoms with Crippen molar-refractivity contribution in [2.75, 3.05) is 33.3 Å². The SMILES string of the molecule is COc1ccc(Cl)cc1CCNCC1CNC1. The van der Waals surface area contributed by atoms with Crippen molar-refractivity contribution in [1.82, 2.24) is 10.6 Å². The maximum absolute atomic E-state index is 5.98. The molecule has 1 aromatic carbocycles. The molecule has 0 unspecified atom stereocenters. The molecule has 0 radical (unpaired) electrons. The third-order valence-corrected chi connectivity index (χ3v) is 3.35. The molecule has 2 N–H and O–H groups in total. The van der Waals surface area contributed by atoms with Crippen molar-refractivity contribution in [2.45, 2.75) is 6.42 Å². The van der Waals surface area contributed by atoms with Gasteiger partial charge in [-0.1, -0.05) is 11.6 Å². The van der Waals surface area contributed by atoms with E-state index in [9.17, 15) is 0 Å². The fourth-order valence-corrected chi connectivity index (χ4v) is 2.16.